The molecule has 20 heavy (non-hydrogen) atoms. The highest BCUT2D eigenvalue weighted by Crippen LogP contribution is 2.18. The highest BCUT2D eigenvalue weighted by atomic mass is 16.7. The van der Waals surface area contributed by atoms with E-state index >= 15 is 0 Å². The number of nitrogens with one attached hydrogen (secondary N) is 1. The zero-order valence-corrected chi connectivity index (χ0v) is 11.4. The molecule has 1 aromatic rings. The summed E-state index contributed by atoms with van der Waals surface area (Å²) in [7, 11) is 0. The molecule has 2 rings (SSSR count). The number of amides is 1. The van der Waals surface area contributed by atoms with Gasteiger partial charge in [0.15, 0.2) is 0 Å². The summed E-state index contributed by atoms with van der Waals surface area (Å²) < 4.78 is 4.71. The van der Waals surface area contributed by atoms with Crippen LogP contribution in [0.25, 0.3) is 0 Å². The third-order valence-corrected chi connectivity index (χ3v) is 3.07. The minimum absolute atomic E-state index is 0.149. The van der Waals surface area contributed by atoms with E-state index in [-0.39, 0.29) is 6.54 Å². The summed E-state index contributed by atoms with van der Waals surface area (Å²) in [5, 5.41) is 0. The van der Waals surface area contributed by atoms with Crippen LogP contribution in [-0.4, -0.2) is 36.7 Å². The topological polar surface area (TPSA) is 67.9 Å². The average molecular weight is 278 g/mol. The van der Waals surface area contributed by atoms with Crippen LogP contribution in [0.3, 0.4) is 0 Å². The maximum atomic E-state index is 11.8. The van der Waals surface area contributed by atoms with Gasteiger partial charge in [-0.3, -0.25) is 4.79 Å². The monoisotopic (exact) mass is 278 g/mol. The number of rotatable bonds is 4. The van der Waals surface area contributed by atoms with E-state index in [1.54, 1.807) is 11.8 Å². The van der Waals surface area contributed by atoms with Gasteiger partial charge in [0.2, 0.25) is 0 Å². The standard InChI is InChI=1S/C14H18N2O4/c1-2-19-13(17)9-15-20-14(18)16-8-7-11-5-3-4-6-12(11)10-16/h3-6,15H,2,7-10H2,1H3. The van der Waals surface area contributed by atoms with E-state index < -0.39 is 12.1 Å². The van der Waals surface area contributed by atoms with Crippen LogP contribution in [0.5, 0.6) is 0 Å². The van der Waals surface area contributed by atoms with Gasteiger partial charge in [-0.25, -0.2) is 4.79 Å². The Hall–Kier alpha value is -2.08. The maximum absolute atomic E-state index is 11.8. The fourth-order valence-electron chi connectivity index (χ4n) is 2.08. The molecule has 0 fully saturated rings. The van der Waals surface area contributed by atoms with Crippen molar-refractivity contribution in [3.8, 4) is 0 Å². The highest BCUT2D eigenvalue weighted by Gasteiger charge is 2.21. The molecule has 0 spiro atoms. The van der Waals surface area contributed by atoms with Gasteiger partial charge in [-0.2, -0.15) is 0 Å². The number of ether oxygens (including phenoxy) is 1. The second-order valence-corrected chi connectivity index (χ2v) is 4.43. The lowest BCUT2D eigenvalue weighted by molar-refractivity contribution is -0.143. The van der Waals surface area contributed by atoms with E-state index in [0.29, 0.717) is 19.7 Å². The van der Waals surface area contributed by atoms with Crippen LogP contribution in [0, 0.1) is 0 Å². The minimum Gasteiger partial charge on any atom is -0.465 e. The molecule has 1 aliphatic rings. The fourth-order valence-corrected chi connectivity index (χ4v) is 2.08. The van der Waals surface area contributed by atoms with Crippen molar-refractivity contribution in [2.75, 3.05) is 19.7 Å². The van der Waals surface area contributed by atoms with Gasteiger partial charge < -0.3 is 14.5 Å². The second-order valence-electron chi connectivity index (χ2n) is 4.43. The van der Waals surface area contributed by atoms with Crippen molar-refractivity contribution in [1.29, 1.82) is 0 Å². The van der Waals surface area contributed by atoms with Crippen molar-refractivity contribution in [3.05, 3.63) is 35.4 Å². The number of carbonyl (C=O) groups is 2. The van der Waals surface area contributed by atoms with Gasteiger partial charge in [-0.05, 0) is 24.5 Å². The average Bonchev–Trinajstić information content (AvgIpc) is 2.47. The number of hydrogen-bond donors (Lipinski definition) is 1. The van der Waals surface area contributed by atoms with E-state index in [4.69, 9.17) is 9.57 Å². The Labute approximate surface area is 117 Å². The zero-order chi connectivity index (χ0) is 14.4. The first-order valence-corrected chi connectivity index (χ1v) is 6.61. The molecule has 0 radical (unpaired) electrons. The van der Waals surface area contributed by atoms with Crippen molar-refractivity contribution in [2.24, 2.45) is 0 Å². The zero-order valence-electron chi connectivity index (χ0n) is 11.4. The summed E-state index contributed by atoms with van der Waals surface area (Å²) in [6, 6.07) is 8.01. The largest absolute Gasteiger partial charge is 0.465 e. The first-order valence-electron chi connectivity index (χ1n) is 6.61. The van der Waals surface area contributed by atoms with Gasteiger partial charge in [-0.1, -0.05) is 24.3 Å². The molecule has 0 aromatic heterocycles. The third kappa shape index (κ3) is 3.71. The normalized spacial score (nSPS) is 13.6. The SMILES string of the molecule is CCOC(=O)CNOC(=O)N1CCc2ccccc2C1. The molecule has 0 aliphatic carbocycles. The van der Waals surface area contributed by atoms with E-state index in [1.807, 2.05) is 18.2 Å². The highest BCUT2D eigenvalue weighted by molar-refractivity contribution is 5.72. The number of hydrogen-bond acceptors (Lipinski definition) is 5. The number of carbonyl (C=O) groups excluding carboxylic acids is 2. The first kappa shape index (κ1) is 14.3. The molecule has 0 bridgehead atoms. The maximum Gasteiger partial charge on any atom is 0.429 e. The molecule has 0 atom stereocenters. The van der Waals surface area contributed by atoms with Gasteiger partial charge >= 0.3 is 12.1 Å². The van der Waals surface area contributed by atoms with Crippen LogP contribution in [0.15, 0.2) is 24.3 Å². The number of fused-ring (bicyclic) bond motifs is 1. The van der Waals surface area contributed by atoms with Gasteiger partial charge in [0.1, 0.15) is 6.54 Å². The third-order valence-electron chi connectivity index (χ3n) is 3.07. The Morgan fingerprint density at radius 1 is 1.30 bits per heavy atom. The number of esters is 1. The summed E-state index contributed by atoms with van der Waals surface area (Å²) in [5.41, 5.74) is 4.71. The number of nitrogens with zero attached hydrogens (tertiary/aromatic N) is 1. The first-order chi connectivity index (χ1) is 9.70. The Balaban J connectivity index is 1.78. The van der Waals surface area contributed by atoms with Crippen molar-refractivity contribution < 1.29 is 19.2 Å². The van der Waals surface area contributed by atoms with Crippen LogP contribution in [0.4, 0.5) is 4.79 Å². The summed E-state index contributed by atoms with van der Waals surface area (Å²) in [6.45, 7) is 3.00. The van der Waals surface area contributed by atoms with E-state index in [9.17, 15) is 9.59 Å². The molecule has 6 heteroatoms. The second kappa shape index (κ2) is 6.91. The molecule has 1 N–H and O–H groups in total. The van der Waals surface area contributed by atoms with Crippen LogP contribution in [0.2, 0.25) is 0 Å². The van der Waals surface area contributed by atoms with Crippen molar-refractivity contribution in [2.45, 2.75) is 19.9 Å². The van der Waals surface area contributed by atoms with Crippen molar-refractivity contribution >= 4 is 12.1 Å². The van der Waals surface area contributed by atoms with Crippen LogP contribution >= 0.6 is 0 Å². The molecular weight excluding hydrogens is 260 g/mol. The molecule has 1 aromatic carbocycles. The lowest BCUT2D eigenvalue weighted by Crippen LogP contribution is -2.40. The van der Waals surface area contributed by atoms with Gasteiger partial charge in [0.05, 0.1) is 6.61 Å². The van der Waals surface area contributed by atoms with Gasteiger partial charge in [-0.15, -0.1) is 5.48 Å². The molecule has 1 aliphatic heterocycles. The molecule has 108 valence electrons. The van der Waals surface area contributed by atoms with Crippen LogP contribution in [-0.2, 0) is 27.3 Å². The van der Waals surface area contributed by atoms with Crippen LogP contribution < -0.4 is 5.48 Å². The van der Waals surface area contributed by atoms with E-state index in [2.05, 4.69) is 11.5 Å². The minimum atomic E-state index is -0.483. The smallest absolute Gasteiger partial charge is 0.429 e. The number of hydroxylamine groups is 1. The molecule has 1 amide bonds. The summed E-state index contributed by atoms with van der Waals surface area (Å²) in [5.74, 6) is -0.454. The van der Waals surface area contributed by atoms with Gasteiger partial charge in [0.25, 0.3) is 0 Å². The Kier molecular flexibility index (Phi) is 4.95. The molecule has 6 nitrogen and oxygen atoms in total. The van der Waals surface area contributed by atoms with E-state index in [1.165, 1.54) is 5.56 Å². The quantitative estimate of drug-likeness (QED) is 0.663. The van der Waals surface area contributed by atoms with Crippen LogP contribution in [0.1, 0.15) is 18.1 Å². The summed E-state index contributed by atoms with van der Waals surface area (Å²) in [4.78, 5) is 29.4. The molecule has 1 heterocycles. The lowest BCUT2D eigenvalue weighted by atomic mass is 10.0. The lowest BCUT2D eigenvalue weighted by Gasteiger charge is -2.27. The Morgan fingerprint density at radius 2 is 2.05 bits per heavy atom. The molecule has 0 saturated heterocycles. The molecule has 0 unspecified atom stereocenters. The predicted molar refractivity (Wildman–Crippen MR) is 71.7 cm³/mol. The molecular formula is C14H18N2O4. The van der Waals surface area contributed by atoms with Crippen molar-refractivity contribution in [1.82, 2.24) is 10.4 Å². The molecule has 0 saturated carbocycles. The van der Waals surface area contributed by atoms with Gasteiger partial charge in [0, 0.05) is 13.1 Å². The van der Waals surface area contributed by atoms with Crippen molar-refractivity contribution in [3.63, 3.8) is 0 Å². The number of benzene rings is 1. The summed E-state index contributed by atoms with van der Waals surface area (Å²) in [6.07, 6.45) is 0.326. The van der Waals surface area contributed by atoms with E-state index in [0.717, 1.165) is 12.0 Å². The Bertz CT molecular complexity index is 490. The summed E-state index contributed by atoms with van der Waals surface area (Å²) >= 11 is 0. The fraction of sp³-hybridized carbons (Fsp3) is 0.429. The predicted octanol–water partition coefficient (Wildman–Crippen LogP) is 1.25. The Morgan fingerprint density at radius 3 is 2.80 bits per heavy atom.